The Bertz CT molecular complexity index is 1190. The van der Waals surface area contributed by atoms with Crippen LogP contribution >= 0.6 is 11.3 Å². The lowest BCUT2D eigenvalue weighted by Crippen LogP contribution is -2.16. The Balaban J connectivity index is 1.97. The van der Waals surface area contributed by atoms with Gasteiger partial charge in [0, 0.05) is 10.9 Å². The van der Waals surface area contributed by atoms with E-state index in [-0.39, 0.29) is 23.5 Å². The molecule has 10 nitrogen and oxygen atoms in total. The number of hydrogen-bond acceptors (Lipinski definition) is 9. The SMILES string of the molecule is CCOC(=O)c1c(NC(=O)/C(C#N)=C/c2cc(OC)c(O)c([N+](=O)[O-])c2)sc2c1CCCC2. The minimum absolute atomic E-state index is 0.110. The van der Waals surface area contributed by atoms with Crippen LogP contribution in [0.4, 0.5) is 10.7 Å². The minimum Gasteiger partial charge on any atom is -0.500 e. The van der Waals surface area contributed by atoms with Gasteiger partial charge >= 0.3 is 11.7 Å². The smallest absolute Gasteiger partial charge is 0.341 e. The number of methoxy groups -OCH3 is 1. The highest BCUT2D eigenvalue weighted by atomic mass is 32.1. The lowest BCUT2D eigenvalue weighted by Gasteiger charge is -2.12. The number of nitriles is 1. The van der Waals surface area contributed by atoms with Crippen molar-refractivity contribution in [2.24, 2.45) is 0 Å². The molecular weight excluding hydrogens is 450 g/mol. The molecule has 3 rings (SSSR count). The predicted octanol–water partition coefficient (Wildman–Crippen LogP) is 3.97. The van der Waals surface area contributed by atoms with Gasteiger partial charge in [-0.1, -0.05) is 0 Å². The first-order valence-electron chi connectivity index (χ1n) is 10.1. The molecule has 0 unspecified atom stereocenters. The fourth-order valence-corrected chi connectivity index (χ4v) is 4.82. The van der Waals surface area contributed by atoms with Crippen molar-refractivity contribution < 1.29 is 29.1 Å². The summed E-state index contributed by atoms with van der Waals surface area (Å²) in [7, 11) is 1.22. The van der Waals surface area contributed by atoms with Crippen LogP contribution in [-0.2, 0) is 22.4 Å². The van der Waals surface area contributed by atoms with E-state index in [9.17, 15) is 30.1 Å². The topological polar surface area (TPSA) is 152 Å². The maximum absolute atomic E-state index is 12.9. The van der Waals surface area contributed by atoms with E-state index in [2.05, 4.69) is 5.32 Å². The Kier molecular flexibility index (Phi) is 7.30. The van der Waals surface area contributed by atoms with Gasteiger partial charge in [-0.2, -0.15) is 5.26 Å². The van der Waals surface area contributed by atoms with Gasteiger partial charge in [-0.25, -0.2) is 4.79 Å². The summed E-state index contributed by atoms with van der Waals surface area (Å²) in [6, 6.07) is 4.06. The number of benzene rings is 1. The molecule has 11 heteroatoms. The van der Waals surface area contributed by atoms with Crippen LogP contribution in [0.2, 0.25) is 0 Å². The highest BCUT2D eigenvalue weighted by molar-refractivity contribution is 7.17. The second-order valence-corrected chi connectivity index (χ2v) is 8.21. The van der Waals surface area contributed by atoms with Gasteiger partial charge < -0.3 is 19.9 Å². The molecular formula is C22H21N3O7S. The Morgan fingerprint density at radius 3 is 2.73 bits per heavy atom. The molecule has 0 atom stereocenters. The average Bonchev–Trinajstić information content (AvgIpc) is 3.15. The number of phenols is 1. The summed E-state index contributed by atoms with van der Waals surface area (Å²) in [5.74, 6) is -2.15. The van der Waals surface area contributed by atoms with E-state index in [0.717, 1.165) is 41.8 Å². The maximum atomic E-state index is 12.9. The Hall–Kier alpha value is -3.91. The number of ether oxygens (including phenoxy) is 2. The van der Waals surface area contributed by atoms with Crippen molar-refractivity contribution in [2.75, 3.05) is 19.0 Å². The number of nitro benzene ring substituents is 1. The number of hydrogen-bond donors (Lipinski definition) is 2. The number of carbonyl (C=O) groups is 2. The number of amides is 1. The van der Waals surface area contributed by atoms with Crippen LogP contribution in [0.5, 0.6) is 11.5 Å². The molecule has 1 aromatic heterocycles. The van der Waals surface area contributed by atoms with E-state index in [4.69, 9.17) is 9.47 Å². The van der Waals surface area contributed by atoms with Crippen LogP contribution < -0.4 is 10.1 Å². The molecule has 1 aliphatic rings. The van der Waals surface area contributed by atoms with Crippen molar-refractivity contribution in [3.8, 4) is 17.6 Å². The lowest BCUT2D eigenvalue weighted by atomic mass is 9.95. The largest absolute Gasteiger partial charge is 0.500 e. The second-order valence-electron chi connectivity index (χ2n) is 7.11. The number of anilines is 1. The minimum atomic E-state index is -0.802. The molecule has 2 aromatic rings. The molecule has 0 saturated carbocycles. The first-order chi connectivity index (χ1) is 15.8. The molecule has 1 amide bonds. The van der Waals surface area contributed by atoms with Crippen LogP contribution in [0, 0.1) is 21.4 Å². The standard InChI is InChI=1S/C22H21N3O7S/c1-3-32-22(28)18-14-6-4-5-7-17(14)33-21(18)24-20(27)13(11-23)8-12-9-15(25(29)30)19(26)16(10-12)31-2/h8-10,26H,3-7H2,1-2H3,(H,24,27)/b13-8+. The molecule has 1 aromatic carbocycles. The van der Waals surface area contributed by atoms with Crippen molar-refractivity contribution in [1.29, 1.82) is 5.26 Å². The van der Waals surface area contributed by atoms with Gasteiger partial charge in [0.1, 0.15) is 16.6 Å². The number of rotatable bonds is 7. The zero-order chi connectivity index (χ0) is 24.1. The zero-order valence-corrected chi connectivity index (χ0v) is 18.8. The highest BCUT2D eigenvalue weighted by Gasteiger charge is 2.28. The number of aromatic hydroxyl groups is 1. The van der Waals surface area contributed by atoms with Gasteiger partial charge in [-0.15, -0.1) is 11.3 Å². The van der Waals surface area contributed by atoms with Crippen molar-refractivity contribution in [2.45, 2.75) is 32.6 Å². The third kappa shape index (κ3) is 4.96. The number of esters is 1. The number of nitro groups is 1. The quantitative estimate of drug-likeness (QED) is 0.202. The molecule has 0 spiro atoms. The lowest BCUT2D eigenvalue weighted by molar-refractivity contribution is -0.386. The van der Waals surface area contributed by atoms with Gasteiger partial charge in [-0.3, -0.25) is 14.9 Å². The van der Waals surface area contributed by atoms with Crippen LogP contribution in [0.15, 0.2) is 17.7 Å². The van der Waals surface area contributed by atoms with E-state index in [1.165, 1.54) is 24.5 Å². The van der Waals surface area contributed by atoms with Gasteiger partial charge in [0.25, 0.3) is 5.91 Å². The van der Waals surface area contributed by atoms with E-state index in [0.29, 0.717) is 17.0 Å². The Morgan fingerprint density at radius 1 is 1.36 bits per heavy atom. The van der Waals surface area contributed by atoms with Gasteiger partial charge in [-0.05, 0) is 55.9 Å². The molecule has 0 saturated heterocycles. The van der Waals surface area contributed by atoms with E-state index in [1.807, 2.05) is 0 Å². The summed E-state index contributed by atoms with van der Waals surface area (Å²) in [5, 5.41) is 33.6. The van der Waals surface area contributed by atoms with Crippen LogP contribution in [-0.4, -0.2) is 35.6 Å². The van der Waals surface area contributed by atoms with Crippen LogP contribution in [0.1, 0.15) is 46.1 Å². The number of nitrogens with zero attached hydrogens (tertiary/aromatic N) is 2. The third-order valence-electron chi connectivity index (χ3n) is 5.05. The van der Waals surface area contributed by atoms with E-state index < -0.39 is 28.2 Å². The van der Waals surface area contributed by atoms with Crippen molar-refractivity contribution in [3.05, 3.63) is 49.4 Å². The fraction of sp³-hybridized carbons (Fsp3) is 0.318. The summed E-state index contributed by atoms with van der Waals surface area (Å²) in [5.41, 5.74) is 0.303. The summed E-state index contributed by atoms with van der Waals surface area (Å²) in [6.07, 6.45) is 4.54. The number of phenolic OH excluding ortho intramolecular Hbond substituents is 1. The summed E-state index contributed by atoms with van der Waals surface area (Å²) >= 11 is 1.28. The van der Waals surface area contributed by atoms with E-state index >= 15 is 0 Å². The average molecular weight is 471 g/mol. The van der Waals surface area contributed by atoms with Gasteiger partial charge in [0.2, 0.25) is 5.75 Å². The van der Waals surface area contributed by atoms with Crippen LogP contribution in [0.25, 0.3) is 6.08 Å². The molecule has 0 bridgehead atoms. The normalized spacial score (nSPS) is 12.9. The first kappa shape index (κ1) is 23.7. The molecule has 2 N–H and O–H groups in total. The first-order valence-corrected chi connectivity index (χ1v) is 10.9. The monoisotopic (exact) mass is 471 g/mol. The zero-order valence-electron chi connectivity index (χ0n) is 18.0. The summed E-state index contributed by atoms with van der Waals surface area (Å²) in [4.78, 5) is 36.8. The van der Waals surface area contributed by atoms with Crippen molar-refractivity contribution in [1.82, 2.24) is 0 Å². The van der Waals surface area contributed by atoms with Crippen molar-refractivity contribution in [3.63, 3.8) is 0 Å². The maximum Gasteiger partial charge on any atom is 0.341 e. The molecule has 1 aliphatic carbocycles. The van der Waals surface area contributed by atoms with Crippen LogP contribution in [0.3, 0.4) is 0 Å². The van der Waals surface area contributed by atoms with Gasteiger partial charge in [0.15, 0.2) is 5.75 Å². The number of fused-ring (bicyclic) bond motifs is 1. The Morgan fingerprint density at radius 2 is 2.09 bits per heavy atom. The number of thiophene rings is 1. The molecule has 0 fully saturated rings. The van der Waals surface area contributed by atoms with E-state index in [1.54, 1.807) is 13.0 Å². The van der Waals surface area contributed by atoms with Crippen molar-refractivity contribution >= 4 is 40.0 Å². The molecule has 1 heterocycles. The number of carbonyl (C=O) groups excluding carboxylic acids is 2. The predicted molar refractivity (Wildman–Crippen MR) is 120 cm³/mol. The molecule has 0 aliphatic heterocycles. The number of nitrogens with one attached hydrogen (secondary N) is 1. The molecule has 0 radical (unpaired) electrons. The number of aryl methyl sites for hydroxylation is 1. The second kappa shape index (κ2) is 10.1. The van der Waals surface area contributed by atoms with Gasteiger partial charge in [0.05, 0.1) is 24.2 Å². The Labute approximate surface area is 193 Å². The summed E-state index contributed by atoms with van der Waals surface area (Å²) in [6.45, 7) is 1.87. The molecule has 172 valence electrons. The molecule has 33 heavy (non-hydrogen) atoms. The fourth-order valence-electron chi connectivity index (χ4n) is 3.55. The summed E-state index contributed by atoms with van der Waals surface area (Å²) < 4.78 is 10.1. The third-order valence-corrected chi connectivity index (χ3v) is 6.26. The highest BCUT2D eigenvalue weighted by Crippen LogP contribution is 2.39.